The fourth-order valence-corrected chi connectivity index (χ4v) is 3.84. The van der Waals surface area contributed by atoms with E-state index in [2.05, 4.69) is 17.2 Å². The van der Waals surface area contributed by atoms with Crippen molar-refractivity contribution in [2.24, 2.45) is 0 Å². The summed E-state index contributed by atoms with van der Waals surface area (Å²) in [4.78, 5) is 12.3. The summed E-state index contributed by atoms with van der Waals surface area (Å²) in [6.45, 7) is 4.70. The average Bonchev–Trinajstić information content (AvgIpc) is 2.78. The Morgan fingerprint density at radius 1 is 0.912 bits per heavy atom. The van der Waals surface area contributed by atoms with Gasteiger partial charge in [-0.1, -0.05) is 60.6 Å². The molecule has 0 aliphatic carbocycles. The first-order valence-electron chi connectivity index (χ1n) is 11.0. The van der Waals surface area contributed by atoms with Crippen molar-refractivity contribution in [3.63, 3.8) is 0 Å². The second kappa shape index (κ2) is 12.1. The third-order valence-corrected chi connectivity index (χ3v) is 5.67. The zero-order valence-corrected chi connectivity index (χ0v) is 19.6. The van der Waals surface area contributed by atoms with Crippen LogP contribution in [0.4, 0.5) is 0 Å². The predicted octanol–water partition coefficient (Wildman–Crippen LogP) is 4.03. The van der Waals surface area contributed by atoms with E-state index in [4.69, 9.17) is 11.6 Å². The Morgan fingerprint density at radius 2 is 1.59 bits per heavy atom. The van der Waals surface area contributed by atoms with Crippen molar-refractivity contribution in [2.75, 3.05) is 13.1 Å². The first-order valence-corrected chi connectivity index (χ1v) is 11.4. The van der Waals surface area contributed by atoms with Crippen LogP contribution in [-0.2, 0) is 24.1 Å². The Labute approximate surface area is 204 Å². The number of allylic oxidation sites excluding steroid dienone is 1. The summed E-state index contributed by atoms with van der Waals surface area (Å²) >= 11 is 6.15. The van der Waals surface area contributed by atoms with E-state index in [-0.39, 0.29) is 30.4 Å². The molecule has 0 bridgehead atoms. The molecule has 1 atom stereocenters. The Hall–Kier alpha value is -3.48. The van der Waals surface area contributed by atoms with Crippen LogP contribution in [0.5, 0.6) is 11.5 Å². The molecule has 0 aliphatic heterocycles. The van der Waals surface area contributed by atoms with Gasteiger partial charge in [-0.3, -0.25) is 4.79 Å². The zero-order valence-electron chi connectivity index (χ0n) is 18.8. The lowest BCUT2D eigenvalue weighted by atomic mass is 10.0. The maximum absolute atomic E-state index is 12.3. The maximum atomic E-state index is 12.3. The summed E-state index contributed by atoms with van der Waals surface area (Å²) < 4.78 is 0. The summed E-state index contributed by atoms with van der Waals surface area (Å²) in [6.07, 6.45) is 0.552. The van der Waals surface area contributed by atoms with E-state index < -0.39 is 6.10 Å². The molecule has 0 radical (unpaired) electrons. The van der Waals surface area contributed by atoms with E-state index in [1.165, 1.54) is 18.2 Å². The number of carbonyl (C=O) groups is 1. The number of halogens is 1. The number of phenols is 2. The van der Waals surface area contributed by atoms with Gasteiger partial charge in [0.05, 0.1) is 12.5 Å². The second-order valence-corrected chi connectivity index (χ2v) is 8.56. The smallest absolute Gasteiger partial charge is 0.224 e. The van der Waals surface area contributed by atoms with E-state index in [0.717, 1.165) is 16.7 Å². The number of aromatic hydroxyl groups is 2. The van der Waals surface area contributed by atoms with Gasteiger partial charge in [-0.25, -0.2) is 0 Å². The van der Waals surface area contributed by atoms with Gasteiger partial charge in [0.15, 0.2) is 0 Å². The Balaban J connectivity index is 1.45. The van der Waals surface area contributed by atoms with Gasteiger partial charge in [-0.2, -0.15) is 0 Å². The quantitative estimate of drug-likeness (QED) is 0.285. The maximum Gasteiger partial charge on any atom is 0.224 e. The van der Waals surface area contributed by atoms with Crippen molar-refractivity contribution in [3.05, 3.63) is 106 Å². The average molecular weight is 481 g/mol. The van der Waals surface area contributed by atoms with Crippen molar-refractivity contribution in [1.29, 1.82) is 0 Å². The summed E-state index contributed by atoms with van der Waals surface area (Å²) in [5.74, 6) is -0.283. The molecule has 3 aromatic carbocycles. The molecule has 0 heterocycles. The summed E-state index contributed by atoms with van der Waals surface area (Å²) in [7, 11) is 0. The number of carbonyl (C=O) groups excluding carboxylic acids is 1. The number of hydrogen-bond acceptors (Lipinski definition) is 5. The fourth-order valence-electron chi connectivity index (χ4n) is 3.61. The number of benzene rings is 3. The minimum Gasteiger partial charge on any atom is -0.508 e. The van der Waals surface area contributed by atoms with Crippen LogP contribution in [0.3, 0.4) is 0 Å². The highest BCUT2D eigenvalue weighted by atomic mass is 35.5. The highest BCUT2D eigenvalue weighted by Gasteiger charge is 2.11. The molecule has 0 aliphatic rings. The summed E-state index contributed by atoms with van der Waals surface area (Å²) in [5.41, 5.74) is 3.99. The molecule has 0 aromatic heterocycles. The fraction of sp³-hybridized carbons (Fsp3) is 0.222. The van der Waals surface area contributed by atoms with Gasteiger partial charge in [0.25, 0.3) is 0 Å². The number of aliphatic hydroxyl groups is 1. The van der Waals surface area contributed by atoms with Gasteiger partial charge in [-0.15, -0.1) is 0 Å². The lowest BCUT2D eigenvalue weighted by Gasteiger charge is -2.16. The van der Waals surface area contributed by atoms with E-state index in [0.29, 0.717) is 35.7 Å². The molecule has 0 spiro atoms. The Bertz CT molecular complexity index is 1130. The highest BCUT2D eigenvalue weighted by molar-refractivity contribution is 6.31. The lowest BCUT2D eigenvalue weighted by molar-refractivity contribution is -0.120. The molecular weight excluding hydrogens is 452 g/mol. The molecule has 0 saturated heterocycles. The standard InChI is InChI=1S/C27H29ClN2O4/c1-18(30-17-26(33)22-14-23(31)16-24(32)15-22)11-19-5-4-6-20(12-19)13-27(34)29-10-9-21-7-2-3-8-25(21)28/h2-8,12,14-16,26,30-33H,1,9-11,13,17H2,(H,29,34)/t26-/m0/s1. The van der Waals surface area contributed by atoms with Gasteiger partial charge in [0, 0.05) is 36.3 Å². The molecule has 7 heteroatoms. The van der Waals surface area contributed by atoms with Crippen molar-refractivity contribution >= 4 is 17.5 Å². The summed E-state index contributed by atoms with van der Waals surface area (Å²) in [6, 6.07) is 19.3. The summed E-state index contributed by atoms with van der Waals surface area (Å²) in [5, 5.41) is 36.2. The minimum absolute atomic E-state index is 0.0568. The number of aliphatic hydroxyl groups excluding tert-OH is 1. The van der Waals surface area contributed by atoms with Gasteiger partial charge in [-0.05, 0) is 46.9 Å². The molecule has 34 heavy (non-hydrogen) atoms. The Morgan fingerprint density at radius 3 is 2.29 bits per heavy atom. The number of phenolic OH excluding ortho intramolecular Hbond substituents is 2. The van der Waals surface area contributed by atoms with Crippen LogP contribution in [0.1, 0.15) is 28.4 Å². The van der Waals surface area contributed by atoms with Crippen molar-refractivity contribution in [1.82, 2.24) is 10.6 Å². The topological polar surface area (TPSA) is 102 Å². The van der Waals surface area contributed by atoms with E-state index in [1.54, 1.807) is 0 Å². The third-order valence-electron chi connectivity index (χ3n) is 5.30. The molecule has 3 aromatic rings. The van der Waals surface area contributed by atoms with Crippen LogP contribution in [-0.4, -0.2) is 34.3 Å². The number of rotatable bonds is 11. The molecule has 0 saturated carbocycles. The molecular formula is C27H29ClN2O4. The first-order chi connectivity index (χ1) is 16.3. The van der Waals surface area contributed by atoms with Crippen LogP contribution in [0, 0.1) is 0 Å². The number of amides is 1. The molecule has 5 N–H and O–H groups in total. The second-order valence-electron chi connectivity index (χ2n) is 8.15. The third kappa shape index (κ3) is 7.83. The van der Waals surface area contributed by atoms with Crippen molar-refractivity contribution in [3.8, 4) is 11.5 Å². The van der Waals surface area contributed by atoms with E-state index >= 15 is 0 Å². The van der Waals surface area contributed by atoms with E-state index in [1.807, 2.05) is 48.5 Å². The normalized spacial score (nSPS) is 11.6. The minimum atomic E-state index is -0.921. The van der Waals surface area contributed by atoms with Crippen LogP contribution >= 0.6 is 11.6 Å². The number of hydrogen-bond donors (Lipinski definition) is 5. The van der Waals surface area contributed by atoms with Crippen LogP contribution in [0.15, 0.2) is 79.0 Å². The monoisotopic (exact) mass is 480 g/mol. The first kappa shape index (κ1) is 25.1. The van der Waals surface area contributed by atoms with Crippen molar-refractivity contribution < 1.29 is 20.1 Å². The van der Waals surface area contributed by atoms with Gasteiger partial charge < -0.3 is 26.0 Å². The van der Waals surface area contributed by atoms with Crippen LogP contribution in [0.25, 0.3) is 0 Å². The van der Waals surface area contributed by atoms with Crippen LogP contribution in [0.2, 0.25) is 5.02 Å². The largest absolute Gasteiger partial charge is 0.508 e. The highest BCUT2D eigenvalue weighted by Crippen LogP contribution is 2.24. The molecule has 0 fully saturated rings. The predicted molar refractivity (Wildman–Crippen MR) is 134 cm³/mol. The lowest BCUT2D eigenvalue weighted by Crippen LogP contribution is -2.27. The van der Waals surface area contributed by atoms with Gasteiger partial charge in [0.2, 0.25) is 5.91 Å². The van der Waals surface area contributed by atoms with Gasteiger partial charge >= 0.3 is 0 Å². The van der Waals surface area contributed by atoms with Crippen molar-refractivity contribution in [2.45, 2.75) is 25.4 Å². The Kier molecular flexibility index (Phi) is 8.96. The van der Waals surface area contributed by atoms with E-state index in [9.17, 15) is 20.1 Å². The molecule has 0 unspecified atom stereocenters. The molecule has 3 rings (SSSR count). The van der Waals surface area contributed by atoms with Crippen LogP contribution < -0.4 is 10.6 Å². The SMILES string of the molecule is C=C(Cc1cccc(CC(=O)NCCc2ccccc2Cl)c1)NC[C@H](O)c1cc(O)cc(O)c1. The zero-order chi connectivity index (χ0) is 24.5. The number of nitrogens with one attached hydrogen (secondary N) is 2. The molecule has 178 valence electrons. The molecule has 1 amide bonds. The van der Waals surface area contributed by atoms with Gasteiger partial charge in [0.1, 0.15) is 11.5 Å². The molecule has 6 nitrogen and oxygen atoms in total.